The fourth-order valence-electron chi connectivity index (χ4n) is 6.54. The summed E-state index contributed by atoms with van der Waals surface area (Å²) in [5.74, 6) is -1.48. The summed E-state index contributed by atoms with van der Waals surface area (Å²) in [5, 5.41) is 31.4. The number of unbranched alkanes of at least 4 members (excludes halogenated alkanes) is 8. The zero-order chi connectivity index (χ0) is 43.8. The van der Waals surface area contributed by atoms with E-state index in [1.807, 2.05) is 39.4 Å². The Hall–Kier alpha value is -2.41. The van der Waals surface area contributed by atoms with Gasteiger partial charge in [-0.15, -0.1) is 0 Å². The molecule has 3 N–H and O–H groups in total. The molecule has 0 bridgehead atoms. The number of phosphoric acid groups is 1. The van der Waals surface area contributed by atoms with Crippen LogP contribution in [0.15, 0.2) is 60.8 Å². The van der Waals surface area contributed by atoms with E-state index in [-0.39, 0.29) is 44.3 Å². The van der Waals surface area contributed by atoms with Gasteiger partial charge in [-0.2, -0.15) is 0 Å². The number of carbonyl (C=O) groups excluding carboxylic acids is 2. The molecule has 1 aliphatic carbocycles. The number of phosphoric ester groups is 1. The van der Waals surface area contributed by atoms with Gasteiger partial charge in [0.05, 0.1) is 46.1 Å². The average Bonchev–Trinajstić information content (AvgIpc) is 3.44. The largest absolute Gasteiger partial charge is 0.756 e. The zero-order valence-corrected chi connectivity index (χ0v) is 37.9. The highest BCUT2D eigenvalue weighted by Gasteiger charge is 2.39. The van der Waals surface area contributed by atoms with Crippen LogP contribution in [0.1, 0.15) is 136 Å². The summed E-state index contributed by atoms with van der Waals surface area (Å²) in [5.41, 5.74) is 0. The molecular formula is C46H80NO11P. The summed E-state index contributed by atoms with van der Waals surface area (Å²) in [6.07, 6.45) is 32.0. The van der Waals surface area contributed by atoms with Crippen molar-refractivity contribution in [1.29, 1.82) is 0 Å². The summed E-state index contributed by atoms with van der Waals surface area (Å²) in [4.78, 5) is 37.7. The Balaban J connectivity index is 2.53. The van der Waals surface area contributed by atoms with Crippen LogP contribution in [-0.2, 0) is 32.7 Å². The maximum atomic E-state index is 12.8. The molecule has 1 fully saturated rings. The summed E-state index contributed by atoms with van der Waals surface area (Å²) in [6, 6.07) is 0. The molecule has 1 aliphatic rings. The number of aliphatic hydroxyl groups excluding tert-OH is 3. The van der Waals surface area contributed by atoms with Gasteiger partial charge in [0.15, 0.2) is 6.10 Å². The first-order valence-electron chi connectivity index (χ1n) is 22.3. The number of allylic oxidation sites excluding steroid dienone is 8. The molecule has 1 unspecified atom stereocenters. The number of carbonyl (C=O) groups is 2. The third kappa shape index (κ3) is 30.3. The minimum atomic E-state index is -4.70. The number of quaternary nitrogens is 1. The Morgan fingerprint density at radius 2 is 1.42 bits per heavy atom. The molecule has 0 saturated heterocycles. The van der Waals surface area contributed by atoms with Crippen molar-refractivity contribution in [1.82, 2.24) is 0 Å². The van der Waals surface area contributed by atoms with E-state index in [9.17, 15) is 34.4 Å². The maximum Gasteiger partial charge on any atom is 0.306 e. The lowest BCUT2D eigenvalue weighted by molar-refractivity contribution is -0.870. The molecule has 0 heterocycles. The number of esters is 2. The van der Waals surface area contributed by atoms with Crippen molar-refractivity contribution in [3.05, 3.63) is 60.8 Å². The second-order valence-corrected chi connectivity index (χ2v) is 18.1. The van der Waals surface area contributed by atoms with E-state index in [1.54, 1.807) is 6.08 Å². The number of ether oxygens (including phenoxy) is 2. The third-order valence-corrected chi connectivity index (χ3v) is 11.1. The van der Waals surface area contributed by atoms with Crippen molar-refractivity contribution >= 4 is 19.8 Å². The van der Waals surface area contributed by atoms with Gasteiger partial charge in [0.25, 0.3) is 7.82 Å². The number of nitrogens with zero attached hydrogens (tertiary/aromatic N) is 1. The fraction of sp³-hybridized carbons (Fsp3) is 0.739. The van der Waals surface area contributed by atoms with E-state index in [1.165, 1.54) is 0 Å². The van der Waals surface area contributed by atoms with Gasteiger partial charge < -0.3 is 43.2 Å². The molecule has 0 aromatic carbocycles. The van der Waals surface area contributed by atoms with Crippen LogP contribution >= 0.6 is 7.82 Å². The van der Waals surface area contributed by atoms with E-state index in [2.05, 4.69) is 50.3 Å². The number of hydrogen-bond donors (Lipinski definition) is 3. The van der Waals surface area contributed by atoms with E-state index in [4.69, 9.17) is 18.5 Å². The normalized spacial score (nSPS) is 21.0. The first-order valence-corrected chi connectivity index (χ1v) is 23.7. The Morgan fingerprint density at radius 1 is 0.780 bits per heavy atom. The van der Waals surface area contributed by atoms with Gasteiger partial charge in [0.2, 0.25) is 0 Å². The lowest BCUT2D eigenvalue weighted by Gasteiger charge is -2.28. The van der Waals surface area contributed by atoms with Crippen LogP contribution in [0.25, 0.3) is 0 Å². The molecule has 1 saturated carbocycles. The highest BCUT2D eigenvalue weighted by atomic mass is 31.2. The van der Waals surface area contributed by atoms with Gasteiger partial charge in [0, 0.05) is 25.2 Å². The molecule has 0 aliphatic heterocycles. The van der Waals surface area contributed by atoms with Gasteiger partial charge in [-0.05, 0) is 70.1 Å². The smallest absolute Gasteiger partial charge is 0.306 e. The Morgan fingerprint density at radius 3 is 2.14 bits per heavy atom. The number of hydrogen-bond acceptors (Lipinski definition) is 11. The van der Waals surface area contributed by atoms with E-state index >= 15 is 0 Å². The lowest BCUT2D eigenvalue weighted by atomic mass is 9.89. The number of aliphatic hydroxyl groups is 3. The molecule has 59 heavy (non-hydrogen) atoms. The van der Waals surface area contributed by atoms with Gasteiger partial charge in [-0.25, -0.2) is 0 Å². The van der Waals surface area contributed by atoms with Gasteiger partial charge in [0.1, 0.15) is 19.8 Å². The monoisotopic (exact) mass is 854 g/mol. The summed E-state index contributed by atoms with van der Waals surface area (Å²) in [7, 11) is 0.995. The predicted octanol–water partition coefficient (Wildman–Crippen LogP) is 8.21. The summed E-state index contributed by atoms with van der Waals surface area (Å²) < 4.78 is 33.8. The van der Waals surface area contributed by atoms with Crippen molar-refractivity contribution in [3.8, 4) is 0 Å². The molecule has 0 aromatic heterocycles. The maximum absolute atomic E-state index is 12.8. The lowest BCUT2D eigenvalue weighted by Crippen LogP contribution is -2.37. The van der Waals surface area contributed by atoms with Crippen molar-refractivity contribution in [2.75, 3.05) is 47.5 Å². The van der Waals surface area contributed by atoms with Crippen LogP contribution < -0.4 is 4.89 Å². The summed E-state index contributed by atoms with van der Waals surface area (Å²) >= 11 is 0. The minimum Gasteiger partial charge on any atom is -0.756 e. The topological polar surface area (TPSA) is 172 Å². The molecule has 13 heteroatoms. The van der Waals surface area contributed by atoms with Crippen LogP contribution in [0.3, 0.4) is 0 Å². The number of rotatable bonds is 35. The van der Waals surface area contributed by atoms with E-state index in [0.717, 1.165) is 70.6 Å². The van der Waals surface area contributed by atoms with Crippen molar-refractivity contribution < 1.29 is 57.4 Å². The van der Waals surface area contributed by atoms with Crippen molar-refractivity contribution in [3.63, 3.8) is 0 Å². The van der Waals surface area contributed by atoms with E-state index in [0.29, 0.717) is 43.1 Å². The molecule has 0 spiro atoms. The van der Waals surface area contributed by atoms with Crippen LogP contribution in [0.2, 0.25) is 0 Å². The summed E-state index contributed by atoms with van der Waals surface area (Å²) in [6.45, 7) is 3.69. The number of likely N-dealkylation sites (N-methyl/N-ethyl adjacent to an activating group) is 1. The molecule has 0 aromatic rings. The van der Waals surface area contributed by atoms with Crippen LogP contribution in [-0.4, -0.2) is 104 Å². The molecule has 1 rings (SSSR count). The minimum absolute atomic E-state index is 0.0413. The Labute approximate surface area is 356 Å². The van der Waals surface area contributed by atoms with Gasteiger partial charge in [-0.3, -0.25) is 14.2 Å². The van der Waals surface area contributed by atoms with Gasteiger partial charge in [-0.1, -0.05) is 113 Å². The third-order valence-electron chi connectivity index (χ3n) is 10.1. The first-order chi connectivity index (χ1) is 28.2. The molecule has 12 nitrogen and oxygen atoms in total. The highest BCUT2D eigenvalue weighted by molar-refractivity contribution is 7.45. The fourth-order valence-corrected chi connectivity index (χ4v) is 7.27. The molecule has 0 amide bonds. The quantitative estimate of drug-likeness (QED) is 0.0185. The standard InChI is InChI=1S/C46H80NO11P/c1-6-8-10-11-12-13-14-15-16-17-18-19-20-21-26-30-45(51)55-37-40(38-57-59(53,54)56-35-34-47(3,4)5)58-46(52)31-27-23-22-25-29-41-42(44(50)36-43(41)49)33-32-39(48)28-24-9-7-2/h8,10,12-13,15-16,22,25,32-33,39-44,48-50H,6-7,9,11,14,17-21,23-24,26-31,34-38H2,1-5H3/b10-8-,13-12-,16-15-,25-22+,33-32+/t39-,40+,41+,42+,43-,44+/m0/s1. The second-order valence-electron chi connectivity index (χ2n) is 16.6. The predicted molar refractivity (Wildman–Crippen MR) is 233 cm³/mol. The molecule has 0 radical (unpaired) electrons. The first kappa shape index (κ1) is 54.6. The van der Waals surface area contributed by atoms with Crippen LogP contribution in [0.5, 0.6) is 0 Å². The zero-order valence-electron chi connectivity index (χ0n) is 37.0. The Bertz CT molecular complexity index is 1310. The second kappa shape index (κ2) is 33.2. The van der Waals surface area contributed by atoms with Gasteiger partial charge >= 0.3 is 11.9 Å². The molecule has 7 atom stereocenters. The Kier molecular flexibility index (Phi) is 30.8. The average molecular weight is 854 g/mol. The molecule has 340 valence electrons. The van der Waals surface area contributed by atoms with Crippen LogP contribution in [0.4, 0.5) is 0 Å². The van der Waals surface area contributed by atoms with E-state index < -0.39 is 50.8 Å². The van der Waals surface area contributed by atoms with Crippen molar-refractivity contribution in [2.45, 2.75) is 160 Å². The van der Waals surface area contributed by atoms with Crippen molar-refractivity contribution in [2.24, 2.45) is 11.8 Å². The van der Waals surface area contributed by atoms with Crippen LogP contribution in [0, 0.1) is 11.8 Å². The highest BCUT2D eigenvalue weighted by Crippen LogP contribution is 2.38. The SMILES string of the molecule is CC/C=C\C/C=C\C/C=C\CCCCCCCC(=O)OC[C@H](COP(=O)([O-])OCC[N+](C)(C)C)OC(=O)CCC/C=C/C[C@@H]1[C@@H](/C=C/[C@@H](O)CCCCC)[C@H](O)C[C@@H]1O. The molecular weight excluding hydrogens is 773 g/mol.